The fourth-order valence-electron chi connectivity index (χ4n) is 2.48. The first-order valence-electron chi connectivity index (χ1n) is 9.12. The lowest BCUT2D eigenvalue weighted by atomic mass is 10.1. The van der Waals surface area contributed by atoms with Crippen LogP contribution in [-0.4, -0.2) is 41.6 Å². The van der Waals surface area contributed by atoms with Crippen molar-refractivity contribution in [1.82, 2.24) is 4.72 Å². The Morgan fingerprint density at radius 2 is 1.69 bits per heavy atom. The Morgan fingerprint density at radius 1 is 1.07 bits per heavy atom. The number of benzene rings is 2. The van der Waals surface area contributed by atoms with Gasteiger partial charge in [-0.1, -0.05) is 64.5 Å². The molecule has 2 aromatic carbocycles. The SMILES string of the molecule is COCCOCO[C@@H](C)/C=C(/Br)[C@@H](NS(=O)(=O)c1ccccc1)c1ccccc1. The van der Waals surface area contributed by atoms with Gasteiger partial charge in [-0.2, -0.15) is 4.72 Å². The summed E-state index contributed by atoms with van der Waals surface area (Å²) in [7, 11) is -2.11. The number of nitrogens with one attached hydrogen (secondary N) is 1. The molecule has 1 N–H and O–H groups in total. The minimum Gasteiger partial charge on any atom is -0.382 e. The average Bonchev–Trinajstić information content (AvgIpc) is 2.73. The molecule has 2 aromatic rings. The molecule has 0 bridgehead atoms. The first-order valence-corrected chi connectivity index (χ1v) is 11.4. The van der Waals surface area contributed by atoms with Crippen molar-refractivity contribution >= 4 is 26.0 Å². The maximum atomic E-state index is 12.9. The summed E-state index contributed by atoms with van der Waals surface area (Å²) >= 11 is 3.53. The molecule has 2 atom stereocenters. The van der Waals surface area contributed by atoms with Crippen molar-refractivity contribution in [2.24, 2.45) is 0 Å². The molecule has 0 fully saturated rings. The molecule has 6 nitrogen and oxygen atoms in total. The third kappa shape index (κ3) is 8.00. The van der Waals surface area contributed by atoms with E-state index in [1.165, 1.54) is 0 Å². The summed E-state index contributed by atoms with van der Waals surface area (Å²) in [6, 6.07) is 17.0. The van der Waals surface area contributed by atoms with Gasteiger partial charge in [0.05, 0.1) is 30.3 Å². The number of hydrogen-bond donors (Lipinski definition) is 1. The monoisotopic (exact) mass is 483 g/mol. The fraction of sp³-hybridized carbons (Fsp3) is 0.333. The summed E-state index contributed by atoms with van der Waals surface area (Å²) in [4.78, 5) is 0.206. The molecular formula is C21H26BrNO5S. The van der Waals surface area contributed by atoms with Gasteiger partial charge in [-0.25, -0.2) is 8.42 Å². The Kier molecular flexibility index (Phi) is 9.99. The summed E-state index contributed by atoms with van der Waals surface area (Å²) in [5.74, 6) is 0. The van der Waals surface area contributed by atoms with E-state index in [1.54, 1.807) is 37.4 Å². The molecule has 0 aliphatic carbocycles. The Bertz CT molecular complexity index is 859. The third-order valence-electron chi connectivity index (χ3n) is 3.98. The molecule has 0 saturated carbocycles. The van der Waals surface area contributed by atoms with E-state index in [9.17, 15) is 8.42 Å². The number of hydrogen-bond acceptors (Lipinski definition) is 5. The molecule has 0 unspecified atom stereocenters. The highest BCUT2D eigenvalue weighted by molar-refractivity contribution is 9.11. The normalized spacial score (nSPS) is 14.5. The van der Waals surface area contributed by atoms with Gasteiger partial charge in [-0.15, -0.1) is 0 Å². The molecule has 2 rings (SSSR count). The molecule has 0 aliphatic rings. The molecular weight excluding hydrogens is 458 g/mol. The van der Waals surface area contributed by atoms with Gasteiger partial charge in [0.15, 0.2) is 0 Å². The maximum absolute atomic E-state index is 12.9. The average molecular weight is 484 g/mol. The van der Waals surface area contributed by atoms with E-state index in [4.69, 9.17) is 14.2 Å². The number of halogens is 1. The van der Waals surface area contributed by atoms with Crippen molar-refractivity contribution in [3.63, 3.8) is 0 Å². The number of rotatable bonds is 12. The Labute approximate surface area is 181 Å². The van der Waals surface area contributed by atoms with Crippen molar-refractivity contribution in [1.29, 1.82) is 0 Å². The Morgan fingerprint density at radius 3 is 2.31 bits per heavy atom. The second-order valence-corrected chi connectivity index (χ2v) is 8.85. The summed E-state index contributed by atoms with van der Waals surface area (Å²) in [6.07, 6.45) is 1.52. The van der Waals surface area contributed by atoms with E-state index in [-0.39, 0.29) is 17.8 Å². The van der Waals surface area contributed by atoms with Crippen LogP contribution in [-0.2, 0) is 24.2 Å². The lowest BCUT2D eigenvalue weighted by Gasteiger charge is -2.20. The van der Waals surface area contributed by atoms with Gasteiger partial charge < -0.3 is 14.2 Å². The van der Waals surface area contributed by atoms with Crippen LogP contribution < -0.4 is 4.72 Å². The van der Waals surface area contributed by atoms with Crippen LogP contribution in [0.1, 0.15) is 18.5 Å². The lowest BCUT2D eigenvalue weighted by Crippen LogP contribution is -2.29. The van der Waals surface area contributed by atoms with Crippen molar-refractivity contribution in [2.45, 2.75) is 24.0 Å². The van der Waals surface area contributed by atoms with Gasteiger partial charge >= 0.3 is 0 Å². The molecule has 0 aliphatic heterocycles. The summed E-state index contributed by atoms with van der Waals surface area (Å²) in [5, 5.41) is 0. The predicted octanol–water partition coefficient (Wildman–Crippen LogP) is 4.01. The zero-order valence-electron chi connectivity index (χ0n) is 16.5. The summed E-state index contributed by atoms with van der Waals surface area (Å²) in [6.45, 7) is 2.91. The molecule has 0 heterocycles. The van der Waals surface area contributed by atoms with Crippen LogP contribution in [0.15, 0.2) is 76.1 Å². The molecule has 0 saturated heterocycles. The van der Waals surface area contributed by atoms with Gasteiger partial charge in [0.2, 0.25) is 10.0 Å². The lowest BCUT2D eigenvalue weighted by molar-refractivity contribution is -0.0804. The minimum atomic E-state index is -3.72. The number of methoxy groups -OCH3 is 1. The highest BCUT2D eigenvalue weighted by atomic mass is 79.9. The van der Waals surface area contributed by atoms with Crippen LogP contribution in [0.25, 0.3) is 0 Å². The van der Waals surface area contributed by atoms with E-state index in [1.807, 2.05) is 43.3 Å². The van der Waals surface area contributed by atoms with Crippen LogP contribution in [0.3, 0.4) is 0 Å². The van der Waals surface area contributed by atoms with E-state index in [0.717, 1.165) is 5.56 Å². The minimum absolute atomic E-state index is 0.118. The van der Waals surface area contributed by atoms with E-state index in [2.05, 4.69) is 20.7 Å². The third-order valence-corrected chi connectivity index (χ3v) is 6.14. The molecule has 0 aromatic heterocycles. The quantitative estimate of drug-likeness (QED) is 0.364. The van der Waals surface area contributed by atoms with E-state index in [0.29, 0.717) is 17.7 Å². The zero-order valence-corrected chi connectivity index (χ0v) is 18.9. The Balaban J connectivity index is 2.16. The number of ether oxygens (including phenoxy) is 3. The molecule has 0 amide bonds. The first-order chi connectivity index (χ1) is 13.9. The van der Waals surface area contributed by atoms with Crippen molar-refractivity contribution in [2.75, 3.05) is 27.1 Å². The van der Waals surface area contributed by atoms with E-state index < -0.39 is 16.1 Å². The molecule has 0 radical (unpaired) electrons. The summed E-state index contributed by atoms with van der Waals surface area (Å²) < 4.78 is 44.9. The van der Waals surface area contributed by atoms with Crippen molar-refractivity contribution in [3.8, 4) is 0 Å². The van der Waals surface area contributed by atoms with Crippen LogP contribution in [0.4, 0.5) is 0 Å². The maximum Gasteiger partial charge on any atom is 0.241 e. The smallest absolute Gasteiger partial charge is 0.241 e. The van der Waals surface area contributed by atoms with Crippen LogP contribution in [0, 0.1) is 0 Å². The topological polar surface area (TPSA) is 73.9 Å². The van der Waals surface area contributed by atoms with Crippen LogP contribution in [0.2, 0.25) is 0 Å². The molecule has 0 spiro atoms. The number of sulfonamides is 1. The highest BCUT2D eigenvalue weighted by Gasteiger charge is 2.23. The van der Waals surface area contributed by atoms with Gasteiger partial charge in [0.25, 0.3) is 0 Å². The second-order valence-electron chi connectivity index (χ2n) is 6.22. The largest absolute Gasteiger partial charge is 0.382 e. The van der Waals surface area contributed by atoms with Crippen LogP contribution >= 0.6 is 15.9 Å². The first kappa shape index (κ1) is 23.7. The molecule has 158 valence electrons. The van der Waals surface area contributed by atoms with E-state index >= 15 is 0 Å². The zero-order chi connectivity index (χ0) is 21.1. The Hall–Kier alpha value is -1.55. The molecule has 29 heavy (non-hydrogen) atoms. The predicted molar refractivity (Wildman–Crippen MR) is 116 cm³/mol. The standard InChI is InChI=1S/C21H26BrNO5S/c1-17(28-16-27-14-13-26-2)15-20(22)21(18-9-5-3-6-10-18)23-29(24,25)19-11-7-4-8-12-19/h3-12,15,17,21,23H,13-14,16H2,1-2H3/b20-15+/t17-,21-/m0/s1. The summed E-state index contributed by atoms with van der Waals surface area (Å²) in [5.41, 5.74) is 0.804. The van der Waals surface area contributed by atoms with Gasteiger partial charge in [-0.3, -0.25) is 0 Å². The second kappa shape index (κ2) is 12.2. The van der Waals surface area contributed by atoms with Gasteiger partial charge in [-0.05, 0) is 30.7 Å². The van der Waals surface area contributed by atoms with Gasteiger partial charge in [0, 0.05) is 11.6 Å². The molecule has 8 heteroatoms. The van der Waals surface area contributed by atoms with Crippen molar-refractivity contribution < 1.29 is 22.6 Å². The van der Waals surface area contributed by atoms with Gasteiger partial charge in [0.1, 0.15) is 6.79 Å². The van der Waals surface area contributed by atoms with Crippen molar-refractivity contribution in [3.05, 3.63) is 76.8 Å². The fourth-order valence-corrected chi connectivity index (χ4v) is 4.60. The van der Waals surface area contributed by atoms with Crippen LogP contribution in [0.5, 0.6) is 0 Å². The highest BCUT2D eigenvalue weighted by Crippen LogP contribution is 2.29.